The fourth-order valence-corrected chi connectivity index (χ4v) is 2.36. The highest BCUT2D eigenvalue weighted by atomic mass is 35.5. The van der Waals surface area contributed by atoms with Crippen molar-refractivity contribution in [3.05, 3.63) is 69.0 Å². The highest BCUT2D eigenvalue weighted by Crippen LogP contribution is 2.37. The minimum Gasteiger partial charge on any atom is -0.320 e. The Balaban J connectivity index is 2.54. The van der Waals surface area contributed by atoms with Gasteiger partial charge in [-0.15, -0.1) is 0 Å². The van der Waals surface area contributed by atoms with Crippen LogP contribution < -0.4 is 5.73 Å². The fraction of sp³-hybridized carbons (Fsp3) is 0.143. The Morgan fingerprint density at radius 3 is 2.14 bits per heavy atom. The molecule has 0 amide bonds. The van der Waals surface area contributed by atoms with Crippen LogP contribution in [0.5, 0.6) is 0 Å². The van der Waals surface area contributed by atoms with Crippen LogP contribution in [0.25, 0.3) is 0 Å². The largest absolute Gasteiger partial charge is 0.419 e. The van der Waals surface area contributed by atoms with Gasteiger partial charge in [-0.2, -0.15) is 13.2 Å². The molecule has 0 radical (unpaired) electrons. The van der Waals surface area contributed by atoms with Crippen molar-refractivity contribution in [3.8, 4) is 0 Å². The van der Waals surface area contributed by atoms with E-state index in [1.807, 2.05) is 0 Å². The Kier molecular flexibility index (Phi) is 4.46. The van der Waals surface area contributed by atoms with Crippen LogP contribution >= 0.6 is 23.2 Å². The number of hydrogen-bond donors (Lipinski definition) is 1. The number of benzene rings is 2. The first kappa shape index (κ1) is 16.1. The molecule has 112 valence electrons. The summed E-state index contributed by atoms with van der Waals surface area (Å²) in [5, 5.41) is 0.278. The maximum Gasteiger partial charge on any atom is 0.419 e. The van der Waals surface area contributed by atoms with E-state index in [1.165, 1.54) is 24.3 Å². The first-order valence-electron chi connectivity index (χ1n) is 5.78. The van der Waals surface area contributed by atoms with E-state index in [4.69, 9.17) is 28.9 Å². The molecule has 0 heterocycles. The van der Waals surface area contributed by atoms with Crippen LogP contribution in [0.2, 0.25) is 10.0 Å². The van der Waals surface area contributed by atoms with Gasteiger partial charge in [0.05, 0.1) is 21.7 Å². The normalized spacial score (nSPS) is 13.3. The van der Waals surface area contributed by atoms with Crippen molar-refractivity contribution < 1.29 is 17.6 Å². The first-order chi connectivity index (χ1) is 9.73. The second-order valence-electron chi connectivity index (χ2n) is 4.33. The summed E-state index contributed by atoms with van der Waals surface area (Å²) in [5.41, 5.74) is 4.44. The predicted molar refractivity (Wildman–Crippen MR) is 73.9 cm³/mol. The molecular formula is C14H9Cl2F4N. The summed E-state index contributed by atoms with van der Waals surface area (Å²) in [4.78, 5) is 0. The lowest BCUT2D eigenvalue weighted by atomic mass is 9.97. The van der Waals surface area contributed by atoms with Gasteiger partial charge in [-0.05, 0) is 17.7 Å². The van der Waals surface area contributed by atoms with Gasteiger partial charge in [0, 0.05) is 5.56 Å². The molecule has 1 nitrogen and oxygen atoms in total. The van der Waals surface area contributed by atoms with E-state index in [9.17, 15) is 17.6 Å². The van der Waals surface area contributed by atoms with Crippen molar-refractivity contribution >= 4 is 23.2 Å². The van der Waals surface area contributed by atoms with E-state index in [0.717, 1.165) is 6.07 Å². The van der Waals surface area contributed by atoms with Crippen molar-refractivity contribution in [1.29, 1.82) is 0 Å². The second kappa shape index (κ2) is 5.83. The summed E-state index contributed by atoms with van der Waals surface area (Å²) >= 11 is 11.8. The van der Waals surface area contributed by atoms with Crippen molar-refractivity contribution in [2.45, 2.75) is 12.2 Å². The van der Waals surface area contributed by atoms with Gasteiger partial charge in [0.25, 0.3) is 0 Å². The van der Waals surface area contributed by atoms with E-state index in [1.54, 1.807) is 0 Å². The minimum absolute atomic E-state index is 0.0866. The molecule has 1 unspecified atom stereocenters. The molecule has 0 aliphatic carbocycles. The smallest absolute Gasteiger partial charge is 0.320 e. The molecule has 0 saturated carbocycles. The highest BCUT2D eigenvalue weighted by Gasteiger charge is 2.35. The zero-order valence-corrected chi connectivity index (χ0v) is 11.9. The van der Waals surface area contributed by atoms with E-state index in [-0.39, 0.29) is 21.2 Å². The van der Waals surface area contributed by atoms with Gasteiger partial charge < -0.3 is 5.73 Å². The molecular weight excluding hydrogens is 329 g/mol. The average molecular weight is 338 g/mol. The molecule has 2 N–H and O–H groups in total. The van der Waals surface area contributed by atoms with Gasteiger partial charge in [0.1, 0.15) is 5.82 Å². The monoisotopic (exact) mass is 337 g/mol. The Morgan fingerprint density at radius 1 is 0.952 bits per heavy atom. The quantitative estimate of drug-likeness (QED) is 0.749. The molecule has 7 heteroatoms. The molecule has 2 rings (SSSR count). The fourth-order valence-electron chi connectivity index (χ4n) is 1.94. The van der Waals surface area contributed by atoms with E-state index >= 15 is 0 Å². The van der Waals surface area contributed by atoms with Gasteiger partial charge in [-0.3, -0.25) is 0 Å². The van der Waals surface area contributed by atoms with Crippen molar-refractivity contribution in [1.82, 2.24) is 0 Å². The van der Waals surface area contributed by atoms with Crippen LogP contribution in [0.1, 0.15) is 22.7 Å². The summed E-state index contributed by atoms with van der Waals surface area (Å²) in [6, 6.07) is 6.31. The van der Waals surface area contributed by atoms with E-state index in [2.05, 4.69) is 0 Å². The molecule has 0 fully saturated rings. The molecule has 0 aliphatic heterocycles. The number of nitrogens with two attached hydrogens (primary N) is 1. The third kappa shape index (κ3) is 3.15. The van der Waals surface area contributed by atoms with Crippen LogP contribution in [0.3, 0.4) is 0 Å². The lowest BCUT2D eigenvalue weighted by Gasteiger charge is -2.18. The maximum atomic E-state index is 14.1. The van der Waals surface area contributed by atoms with Gasteiger partial charge >= 0.3 is 6.18 Å². The SMILES string of the molecule is NC(c1cccc(C(F)(F)F)c1F)c1cccc(Cl)c1Cl. The van der Waals surface area contributed by atoms with Crippen LogP contribution in [0, 0.1) is 5.82 Å². The molecule has 21 heavy (non-hydrogen) atoms. The summed E-state index contributed by atoms with van der Waals surface area (Å²) in [7, 11) is 0. The lowest BCUT2D eigenvalue weighted by Crippen LogP contribution is -2.17. The summed E-state index contributed by atoms with van der Waals surface area (Å²) in [6.07, 6.45) is -4.79. The third-order valence-electron chi connectivity index (χ3n) is 2.99. The van der Waals surface area contributed by atoms with E-state index < -0.39 is 23.6 Å². The molecule has 2 aromatic rings. The standard InChI is InChI=1S/C14H9Cl2F4N/c15-10-6-2-3-7(11(10)16)13(21)8-4-1-5-9(12(8)17)14(18,19)20/h1-6,13H,21H2. The lowest BCUT2D eigenvalue weighted by molar-refractivity contribution is -0.140. The Hall–Kier alpha value is -1.30. The van der Waals surface area contributed by atoms with Crippen LogP contribution in [0.15, 0.2) is 36.4 Å². The maximum absolute atomic E-state index is 14.1. The molecule has 0 spiro atoms. The number of halogens is 6. The van der Waals surface area contributed by atoms with Crippen molar-refractivity contribution in [3.63, 3.8) is 0 Å². The summed E-state index contributed by atoms with van der Waals surface area (Å²) < 4.78 is 52.2. The van der Waals surface area contributed by atoms with E-state index in [0.29, 0.717) is 6.07 Å². The number of rotatable bonds is 2. The predicted octanol–water partition coefficient (Wildman–Crippen LogP) is 5.20. The third-order valence-corrected chi connectivity index (χ3v) is 3.82. The number of hydrogen-bond acceptors (Lipinski definition) is 1. The Labute approximate surface area is 128 Å². The minimum atomic E-state index is -4.79. The first-order valence-corrected chi connectivity index (χ1v) is 6.54. The summed E-state index contributed by atoms with van der Waals surface area (Å²) in [5.74, 6) is -1.41. The van der Waals surface area contributed by atoms with Gasteiger partial charge in [-0.1, -0.05) is 47.5 Å². The Morgan fingerprint density at radius 2 is 1.52 bits per heavy atom. The molecule has 1 atom stereocenters. The molecule has 0 aliphatic rings. The molecule has 0 bridgehead atoms. The second-order valence-corrected chi connectivity index (χ2v) is 5.11. The van der Waals surface area contributed by atoms with Crippen LogP contribution in [-0.4, -0.2) is 0 Å². The average Bonchev–Trinajstić information content (AvgIpc) is 2.40. The summed E-state index contributed by atoms with van der Waals surface area (Å²) in [6.45, 7) is 0. The molecule has 0 aromatic heterocycles. The van der Waals surface area contributed by atoms with Crippen molar-refractivity contribution in [2.24, 2.45) is 5.73 Å². The Bertz CT molecular complexity index is 671. The van der Waals surface area contributed by atoms with Crippen LogP contribution in [0.4, 0.5) is 17.6 Å². The number of alkyl halides is 3. The van der Waals surface area contributed by atoms with Gasteiger partial charge in [-0.25, -0.2) is 4.39 Å². The highest BCUT2D eigenvalue weighted by molar-refractivity contribution is 6.42. The van der Waals surface area contributed by atoms with Crippen LogP contribution in [-0.2, 0) is 6.18 Å². The van der Waals surface area contributed by atoms with Crippen molar-refractivity contribution in [2.75, 3.05) is 0 Å². The van der Waals surface area contributed by atoms with Gasteiger partial charge in [0.15, 0.2) is 0 Å². The zero-order chi connectivity index (χ0) is 15.8. The molecule has 0 saturated heterocycles. The zero-order valence-electron chi connectivity index (χ0n) is 10.4. The van der Waals surface area contributed by atoms with Gasteiger partial charge in [0.2, 0.25) is 0 Å². The topological polar surface area (TPSA) is 26.0 Å². The molecule has 2 aromatic carbocycles.